The van der Waals surface area contributed by atoms with E-state index in [9.17, 15) is 4.79 Å². The fraction of sp³-hybridized carbons (Fsp3) is 0.333. The second-order valence-electron chi connectivity index (χ2n) is 5.74. The Morgan fingerprint density at radius 2 is 1.96 bits per heavy atom. The summed E-state index contributed by atoms with van der Waals surface area (Å²) in [6, 6.07) is 11.5. The van der Waals surface area contributed by atoms with Crippen molar-refractivity contribution >= 4 is 11.6 Å². The summed E-state index contributed by atoms with van der Waals surface area (Å²) in [6.07, 6.45) is 1.64. The van der Waals surface area contributed by atoms with Crippen LogP contribution >= 0.6 is 0 Å². The Morgan fingerprint density at radius 3 is 2.61 bits per heavy atom. The molecule has 5 heteroatoms. The number of methoxy groups -OCH3 is 1. The van der Waals surface area contributed by atoms with Gasteiger partial charge in [-0.3, -0.25) is 9.78 Å². The van der Waals surface area contributed by atoms with E-state index in [0.29, 0.717) is 24.7 Å². The van der Waals surface area contributed by atoms with Crippen LogP contribution in [-0.2, 0) is 6.54 Å². The van der Waals surface area contributed by atoms with Gasteiger partial charge in [0.2, 0.25) is 0 Å². The van der Waals surface area contributed by atoms with Gasteiger partial charge in [-0.15, -0.1) is 0 Å². The van der Waals surface area contributed by atoms with Gasteiger partial charge in [0.1, 0.15) is 11.4 Å². The summed E-state index contributed by atoms with van der Waals surface area (Å²) in [7, 11) is 1.65. The van der Waals surface area contributed by atoms with Crippen molar-refractivity contribution in [2.75, 3.05) is 19.0 Å². The Morgan fingerprint density at radius 1 is 1.22 bits per heavy atom. The molecule has 0 saturated heterocycles. The number of aromatic nitrogens is 1. The Labute approximate surface area is 137 Å². The molecule has 0 fully saturated rings. The molecular weight excluding hydrogens is 290 g/mol. The van der Waals surface area contributed by atoms with Gasteiger partial charge in [0, 0.05) is 25.0 Å². The molecule has 0 bridgehead atoms. The summed E-state index contributed by atoms with van der Waals surface area (Å²) < 4.78 is 5.14. The maximum atomic E-state index is 12.0. The van der Waals surface area contributed by atoms with E-state index in [0.717, 1.165) is 17.0 Å². The second kappa shape index (κ2) is 8.17. The molecule has 1 heterocycles. The number of nitrogens with one attached hydrogen (secondary N) is 2. The quantitative estimate of drug-likeness (QED) is 0.824. The summed E-state index contributed by atoms with van der Waals surface area (Å²) in [5, 5.41) is 6.17. The minimum Gasteiger partial charge on any atom is -0.497 e. The number of carbonyl (C=O) groups is 1. The first-order chi connectivity index (χ1) is 11.1. The lowest BCUT2D eigenvalue weighted by atomic mass is 10.2. The standard InChI is InChI=1S/C18H23N3O2/c1-13(2)11-21-18(22)17-10-15(8-9-19-17)20-12-14-4-6-16(23-3)7-5-14/h4-10,13H,11-12H2,1-3H3,(H,19,20)(H,21,22). The largest absolute Gasteiger partial charge is 0.497 e. The predicted octanol–water partition coefficient (Wildman–Crippen LogP) is 3.09. The highest BCUT2D eigenvalue weighted by molar-refractivity contribution is 5.93. The number of benzene rings is 1. The van der Waals surface area contributed by atoms with Gasteiger partial charge in [0.15, 0.2) is 0 Å². The highest BCUT2D eigenvalue weighted by Gasteiger charge is 2.08. The van der Waals surface area contributed by atoms with E-state index in [1.54, 1.807) is 19.4 Å². The molecule has 1 aromatic heterocycles. The number of anilines is 1. The first-order valence-electron chi connectivity index (χ1n) is 7.69. The minimum absolute atomic E-state index is 0.146. The molecule has 0 radical (unpaired) electrons. The zero-order valence-electron chi connectivity index (χ0n) is 13.8. The zero-order chi connectivity index (χ0) is 16.7. The number of hydrogen-bond acceptors (Lipinski definition) is 4. The van der Waals surface area contributed by atoms with Crippen molar-refractivity contribution in [2.24, 2.45) is 5.92 Å². The normalized spacial score (nSPS) is 10.4. The van der Waals surface area contributed by atoms with Gasteiger partial charge < -0.3 is 15.4 Å². The van der Waals surface area contributed by atoms with Crippen LogP contribution in [0.3, 0.4) is 0 Å². The van der Waals surface area contributed by atoms with Crippen LogP contribution in [0.1, 0.15) is 29.9 Å². The van der Waals surface area contributed by atoms with E-state index in [2.05, 4.69) is 29.5 Å². The summed E-state index contributed by atoms with van der Waals surface area (Å²) in [4.78, 5) is 16.2. The van der Waals surface area contributed by atoms with Gasteiger partial charge in [0.25, 0.3) is 5.91 Å². The van der Waals surface area contributed by atoms with Crippen molar-refractivity contribution in [1.29, 1.82) is 0 Å². The van der Waals surface area contributed by atoms with Crippen LogP contribution in [0.5, 0.6) is 5.75 Å². The third-order valence-corrected chi connectivity index (χ3v) is 3.32. The number of rotatable bonds is 7. The molecule has 2 rings (SSSR count). The van der Waals surface area contributed by atoms with Crippen molar-refractivity contribution < 1.29 is 9.53 Å². The molecule has 5 nitrogen and oxygen atoms in total. The monoisotopic (exact) mass is 313 g/mol. The van der Waals surface area contributed by atoms with Crippen LogP contribution in [0.15, 0.2) is 42.6 Å². The van der Waals surface area contributed by atoms with Crippen molar-refractivity contribution in [3.63, 3.8) is 0 Å². The molecule has 122 valence electrons. The molecule has 0 aliphatic carbocycles. The van der Waals surface area contributed by atoms with Gasteiger partial charge in [-0.05, 0) is 35.7 Å². The SMILES string of the molecule is COc1ccc(CNc2ccnc(C(=O)NCC(C)C)c2)cc1. The molecule has 0 unspecified atom stereocenters. The molecule has 23 heavy (non-hydrogen) atoms. The molecule has 1 amide bonds. The van der Waals surface area contributed by atoms with Crippen LogP contribution in [0, 0.1) is 5.92 Å². The molecule has 0 atom stereocenters. The molecule has 1 aromatic carbocycles. The van der Waals surface area contributed by atoms with Gasteiger partial charge in [-0.2, -0.15) is 0 Å². The van der Waals surface area contributed by atoms with Crippen LogP contribution in [-0.4, -0.2) is 24.5 Å². The minimum atomic E-state index is -0.146. The maximum Gasteiger partial charge on any atom is 0.269 e. The Balaban J connectivity index is 1.95. The van der Waals surface area contributed by atoms with Crippen LogP contribution in [0.4, 0.5) is 5.69 Å². The van der Waals surface area contributed by atoms with Crippen molar-refractivity contribution in [3.8, 4) is 5.75 Å². The number of nitrogens with zero attached hydrogens (tertiary/aromatic N) is 1. The first kappa shape index (κ1) is 16.8. The number of hydrogen-bond donors (Lipinski definition) is 2. The lowest BCUT2D eigenvalue weighted by Crippen LogP contribution is -2.28. The molecule has 0 aliphatic rings. The summed E-state index contributed by atoms with van der Waals surface area (Å²) in [6.45, 7) is 5.42. The molecule has 0 spiro atoms. The lowest BCUT2D eigenvalue weighted by molar-refractivity contribution is 0.0944. The molecule has 0 saturated carbocycles. The van der Waals surface area contributed by atoms with E-state index >= 15 is 0 Å². The van der Waals surface area contributed by atoms with Crippen molar-refractivity contribution in [3.05, 3.63) is 53.9 Å². The summed E-state index contributed by atoms with van der Waals surface area (Å²) >= 11 is 0. The Hall–Kier alpha value is -2.56. The van der Waals surface area contributed by atoms with E-state index in [1.165, 1.54) is 0 Å². The Kier molecular flexibility index (Phi) is 5.97. The van der Waals surface area contributed by atoms with E-state index < -0.39 is 0 Å². The summed E-state index contributed by atoms with van der Waals surface area (Å²) in [5.41, 5.74) is 2.42. The third-order valence-electron chi connectivity index (χ3n) is 3.32. The van der Waals surface area contributed by atoms with E-state index in [1.807, 2.05) is 30.3 Å². The predicted molar refractivity (Wildman–Crippen MR) is 91.7 cm³/mol. The highest BCUT2D eigenvalue weighted by Crippen LogP contribution is 2.14. The number of amides is 1. The summed E-state index contributed by atoms with van der Waals surface area (Å²) in [5.74, 6) is 1.10. The number of ether oxygens (including phenoxy) is 1. The maximum absolute atomic E-state index is 12.0. The topological polar surface area (TPSA) is 63.2 Å². The molecule has 2 aromatic rings. The van der Waals surface area contributed by atoms with Gasteiger partial charge in [-0.25, -0.2) is 0 Å². The van der Waals surface area contributed by atoms with Gasteiger partial charge >= 0.3 is 0 Å². The average Bonchev–Trinajstić information content (AvgIpc) is 2.58. The van der Waals surface area contributed by atoms with Gasteiger partial charge in [-0.1, -0.05) is 26.0 Å². The van der Waals surface area contributed by atoms with Gasteiger partial charge in [0.05, 0.1) is 7.11 Å². The lowest BCUT2D eigenvalue weighted by Gasteiger charge is -2.10. The fourth-order valence-electron chi connectivity index (χ4n) is 2.00. The molecule has 2 N–H and O–H groups in total. The van der Waals surface area contributed by atoms with Crippen LogP contribution < -0.4 is 15.4 Å². The van der Waals surface area contributed by atoms with E-state index in [-0.39, 0.29) is 5.91 Å². The smallest absolute Gasteiger partial charge is 0.269 e. The number of pyridine rings is 1. The van der Waals surface area contributed by atoms with Crippen LogP contribution in [0.2, 0.25) is 0 Å². The van der Waals surface area contributed by atoms with Crippen molar-refractivity contribution in [1.82, 2.24) is 10.3 Å². The van der Waals surface area contributed by atoms with Crippen LogP contribution in [0.25, 0.3) is 0 Å². The molecule has 0 aliphatic heterocycles. The number of carbonyl (C=O) groups excluding carboxylic acids is 1. The molecular formula is C18H23N3O2. The highest BCUT2D eigenvalue weighted by atomic mass is 16.5. The van der Waals surface area contributed by atoms with Crippen molar-refractivity contribution in [2.45, 2.75) is 20.4 Å². The zero-order valence-corrected chi connectivity index (χ0v) is 13.8. The van der Waals surface area contributed by atoms with E-state index in [4.69, 9.17) is 4.74 Å². The average molecular weight is 313 g/mol. The fourth-order valence-corrected chi connectivity index (χ4v) is 2.00. The third kappa shape index (κ3) is 5.29. The Bertz CT molecular complexity index is 639. The first-order valence-corrected chi connectivity index (χ1v) is 7.69. The second-order valence-corrected chi connectivity index (χ2v) is 5.74.